The third-order valence-corrected chi connectivity index (χ3v) is 6.74. The summed E-state index contributed by atoms with van der Waals surface area (Å²) in [5.41, 5.74) is 5.96. The topological polar surface area (TPSA) is 66.3 Å². The zero-order valence-corrected chi connectivity index (χ0v) is 18.8. The smallest absolute Gasteiger partial charge is 0.322 e. The van der Waals surface area contributed by atoms with Crippen LogP contribution in [-0.2, 0) is 9.53 Å². The minimum atomic E-state index is -0.420. The molecule has 0 aliphatic carbocycles. The van der Waals surface area contributed by atoms with Crippen molar-refractivity contribution in [2.75, 3.05) is 52.5 Å². The fourth-order valence-electron chi connectivity index (χ4n) is 4.78. The van der Waals surface area contributed by atoms with E-state index >= 15 is 0 Å². The second-order valence-electron chi connectivity index (χ2n) is 8.77. The zero-order chi connectivity index (χ0) is 22.1. The van der Waals surface area contributed by atoms with E-state index in [2.05, 4.69) is 37.9 Å². The van der Waals surface area contributed by atoms with Gasteiger partial charge in [0.15, 0.2) is 0 Å². The molecule has 0 spiro atoms. The van der Waals surface area contributed by atoms with Crippen LogP contribution >= 0.6 is 0 Å². The Bertz CT molecular complexity index is 933. The zero-order valence-electron chi connectivity index (χ0n) is 18.8. The Morgan fingerprint density at radius 2 is 1.87 bits per heavy atom. The number of carbonyl (C=O) groups is 2. The van der Waals surface area contributed by atoms with Crippen LogP contribution in [0, 0.1) is 20.8 Å². The second-order valence-corrected chi connectivity index (χ2v) is 8.77. The van der Waals surface area contributed by atoms with E-state index in [0.29, 0.717) is 25.2 Å². The fourth-order valence-corrected chi connectivity index (χ4v) is 4.78. The highest BCUT2D eigenvalue weighted by atomic mass is 16.5. The van der Waals surface area contributed by atoms with Gasteiger partial charge in [-0.2, -0.15) is 0 Å². The van der Waals surface area contributed by atoms with E-state index in [1.165, 1.54) is 10.5 Å². The number of rotatable bonds is 6. The number of nitrogens with zero attached hydrogens (tertiary/aromatic N) is 2. The molecular weight excluding hydrogens is 392 g/mol. The average Bonchev–Trinajstić information content (AvgIpc) is 3.08. The van der Waals surface area contributed by atoms with Gasteiger partial charge in [-0.15, -0.1) is 6.58 Å². The molecule has 1 atom stereocenters. The van der Waals surface area contributed by atoms with Gasteiger partial charge in [0.1, 0.15) is 13.1 Å². The number of benzene rings is 1. The summed E-state index contributed by atoms with van der Waals surface area (Å²) >= 11 is 0. The number of hydrogen-bond donors (Lipinski definition) is 2. The normalized spacial score (nSPS) is 22.1. The van der Waals surface area contributed by atoms with Gasteiger partial charge in [-0.3, -0.25) is 9.69 Å². The fraction of sp³-hybridized carbons (Fsp3) is 0.500. The highest BCUT2D eigenvalue weighted by molar-refractivity contribution is 6.01. The van der Waals surface area contributed by atoms with E-state index in [-0.39, 0.29) is 11.9 Å². The average molecular weight is 426 g/mol. The van der Waals surface area contributed by atoms with Gasteiger partial charge in [0.2, 0.25) is 0 Å². The van der Waals surface area contributed by atoms with E-state index in [0.717, 1.165) is 55.2 Å². The van der Waals surface area contributed by atoms with E-state index in [1.54, 1.807) is 11.0 Å². The van der Waals surface area contributed by atoms with Gasteiger partial charge < -0.3 is 19.9 Å². The molecule has 1 fully saturated rings. The summed E-state index contributed by atoms with van der Waals surface area (Å²) in [5.74, 6) is 0.0272. The number of carbonyl (C=O) groups excluding carboxylic acids is 2. The van der Waals surface area contributed by atoms with Gasteiger partial charge in [0.05, 0.1) is 50.2 Å². The third-order valence-electron chi connectivity index (χ3n) is 6.74. The van der Waals surface area contributed by atoms with Crippen molar-refractivity contribution in [1.82, 2.24) is 15.1 Å². The molecule has 3 amide bonds. The molecule has 0 aromatic heterocycles. The number of hydrogen-bond acceptors (Lipinski definition) is 3. The molecule has 1 aromatic rings. The van der Waals surface area contributed by atoms with Gasteiger partial charge in [0.25, 0.3) is 5.91 Å². The van der Waals surface area contributed by atoms with Crippen LogP contribution in [0.3, 0.4) is 0 Å². The van der Waals surface area contributed by atoms with Gasteiger partial charge in [0, 0.05) is 6.54 Å². The van der Waals surface area contributed by atoms with Crippen molar-refractivity contribution in [2.45, 2.75) is 26.8 Å². The Kier molecular flexibility index (Phi) is 6.16. The Labute approximate surface area is 184 Å². The van der Waals surface area contributed by atoms with E-state index in [1.807, 2.05) is 11.8 Å². The molecule has 0 bridgehead atoms. The van der Waals surface area contributed by atoms with Crippen LogP contribution in [0.4, 0.5) is 4.79 Å². The summed E-state index contributed by atoms with van der Waals surface area (Å²) in [4.78, 5) is 31.5. The predicted octanol–water partition coefficient (Wildman–Crippen LogP) is 0.876. The van der Waals surface area contributed by atoms with E-state index < -0.39 is 6.04 Å². The lowest BCUT2D eigenvalue weighted by Crippen LogP contribution is -3.14. The number of ether oxygens (including phenoxy) is 1. The van der Waals surface area contributed by atoms with Crippen molar-refractivity contribution in [2.24, 2.45) is 0 Å². The molecule has 0 unspecified atom stereocenters. The first-order chi connectivity index (χ1) is 14.9. The van der Waals surface area contributed by atoms with Gasteiger partial charge in [-0.05, 0) is 43.0 Å². The predicted molar refractivity (Wildman–Crippen MR) is 119 cm³/mol. The molecule has 2 N–H and O–H groups in total. The van der Waals surface area contributed by atoms with Crippen molar-refractivity contribution < 1.29 is 19.2 Å². The maximum Gasteiger partial charge on any atom is 0.322 e. The molecule has 31 heavy (non-hydrogen) atoms. The first kappa shape index (κ1) is 21.6. The summed E-state index contributed by atoms with van der Waals surface area (Å²) in [6.45, 7) is 15.9. The number of morpholine rings is 1. The molecule has 0 radical (unpaired) electrons. The summed E-state index contributed by atoms with van der Waals surface area (Å²) in [7, 11) is 0. The lowest BCUT2D eigenvalue weighted by molar-refractivity contribution is -0.907. The van der Waals surface area contributed by atoms with Crippen molar-refractivity contribution in [1.29, 1.82) is 0 Å². The molecule has 3 aliphatic heterocycles. The number of amides is 3. The minimum absolute atomic E-state index is 0.0272. The quantitative estimate of drug-likeness (QED) is 0.665. The van der Waals surface area contributed by atoms with Crippen LogP contribution < -0.4 is 10.2 Å². The maximum absolute atomic E-state index is 13.5. The molecule has 3 aliphatic rings. The van der Waals surface area contributed by atoms with Crippen molar-refractivity contribution in [3.63, 3.8) is 0 Å². The second kappa shape index (κ2) is 8.85. The Hall–Kier alpha value is -2.64. The molecule has 166 valence electrons. The standard InChI is InChI=1S/C24H32N4O3/c1-5-6-28-20-15-27(8-7-26-9-11-31-12-10-26)23(29)21(20)22(25-24(28)30)19-14-17(3)16(2)13-18(19)4/h5,13-14,22H,1,6-12,15H2,2-4H3,(H,25,30)/p+1/t22-/m1/s1. The molecular formula is C24H33N4O3+. The molecule has 0 saturated carbocycles. The number of aryl methyl sites for hydroxylation is 3. The minimum Gasteiger partial charge on any atom is -0.370 e. The lowest BCUT2D eigenvalue weighted by atomic mass is 9.90. The van der Waals surface area contributed by atoms with Crippen LogP contribution in [0.1, 0.15) is 28.3 Å². The van der Waals surface area contributed by atoms with Crippen LogP contribution in [0.2, 0.25) is 0 Å². The van der Waals surface area contributed by atoms with Gasteiger partial charge in [-0.1, -0.05) is 18.2 Å². The van der Waals surface area contributed by atoms with Crippen LogP contribution in [-0.4, -0.2) is 74.2 Å². The summed E-state index contributed by atoms with van der Waals surface area (Å²) < 4.78 is 5.44. The van der Waals surface area contributed by atoms with Gasteiger partial charge >= 0.3 is 6.03 Å². The first-order valence-electron chi connectivity index (χ1n) is 11.1. The summed E-state index contributed by atoms with van der Waals surface area (Å²) in [6, 6.07) is 3.65. The third kappa shape index (κ3) is 4.12. The van der Waals surface area contributed by atoms with Crippen molar-refractivity contribution in [3.8, 4) is 0 Å². The molecule has 1 saturated heterocycles. The monoisotopic (exact) mass is 425 g/mol. The van der Waals surface area contributed by atoms with Gasteiger partial charge in [-0.25, -0.2) is 4.79 Å². The summed E-state index contributed by atoms with van der Waals surface area (Å²) in [6.07, 6.45) is 1.71. The molecule has 7 heteroatoms. The van der Waals surface area contributed by atoms with Crippen LogP contribution in [0.5, 0.6) is 0 Å². The number of urea groups is 1. The lowest BCUT2D eigenvalue weighted by Gasteiger charge is -2.33. The molecule has 3 heterocycles. The van der Waals surface area contributed by atoms with Crippen molar-refractivity contribution in [3.05, 3.63) is 58.3 Å². The van der Waals surface area contributed by atoms with E-state index in [9.17, 15) is 9.59 Å². The molecule has 7 nitrogen and oxygen atoms in total. The maximum atomic E-state index is 13.5. The largest absolute Gasteiger partial charge is 0.370 e. The molecule has 4 rings (SSSR count). The highest BCUT2D eigenvalue weighted by Crippen LogP contribution is 2.37. The number of quaternary nitrogens is 1. The first-order valence-corrected chi connectivity index (χ1v) is 11.1. The highest BCUT2D eigenvalue weighted by Gasteiger charge is 2.44. The Morgan fingerprint density at radius 3 is 2.58 bits per heavy atom. The summed E-state index contributed by atoms with van der Waals surface area (Å²) in [5, 5.41) is 3.10. The Balaban J connectivity index is 1.64. The van der Waals surface area contributed by atoms with Crippen LogP contribution in [0.25, 0.3) is 0 Å². The van der Waals surface area contributed by atoms with Crippen molar-refractivity contribution >= 4 is 11.9 Å². The van der Waals surface area contributed by atoms with E-state index in [4.69, 9.17) is 4.74 Å². The number of nitrogens with one attached hydrogen (secondary N) is 2. The molecule has 1 aromatic carbocycles. The van der Waals surface area contributed by atoms with Crippen LogP contribution in [0.15, 0.2) is 36.1 Å². The Morgan fingerprint density at radius 1 is 1.16 bits per heavy atom. The SMILES string of the molecule is C=CCN1C(=O)N[C@H](c2cc(C)c(C)cc2C)C2=C1CN(CC[NH+]1CCOCC1)C2=O.